The molecule has 0 unspecified atom stereocenters. The van der Waals surface area contributed by atoms with Crippen molar-refractivity contribution in [1.29, 1.82) is 0 Å². The highest BCUT2D eigenvalue weighted by atomic mass is 79.9. The minimum Gasteiger partial charge on any atom is -0.394 e. The van der Waals surface area contributed by atoms with E-state index in [0.717, 1.165) is 0 Å². The molecule has 2 rings (SSSR count). The summed E-state index contributed by atoms with van der Waals surface area (Å²) in [4.78, 5) is 24.8. The highest BCUT2D eigenvalue weighted by Crippen LogP contribution is 2.26. The van der Waals surface area contributed by atoms with Crippen LogP contribution >= 0.6 is 15.9 Å². The van der Waals surface area contributed by atoms with E-state index in [0.29, 0.717) is 12.8 Å². The number of hydrogen-bond acceptors (Lipinski definition) is 4. The van der Waals surface area contributed by atoms with E-state index in [2.05, 4.69) is 20.9 Å². The van der Waals surface area contributed by atoms with Gasteiger partial charge >= 0.3 is 5.69 Å². The molecule has 1 aromatic heterocycles. The van der Waals surface area contributed by atoms with Gasteiger partial charge in [-0.1, -0.05) is 0 Å². The van der Waals surface area contributed by atoms with Gasteiger partial charge in [-0.3, -0.25) is 14.3 Å². The summed E-state index contributed by atoms with van der Waals surface area (Å²) in [7, 11) is 0. The monoisotopic (exact) mass is 290 g/mol. The number of aliphatic hydroxyl groups is 1. The molecule has 1 fully saturated rings. The Balaban J connectivity index is 2.32. The zero-order valence-corrected chi connectivity index (χ0v) is 9.94. The maximum atomic E-state index is 11.5. The van der Waals surface area contributed by atoms with Gasteiger partial charge in [-0.15, -0.1) is 0 Å². The first-order valence-electron chi connectivity index (χ1n) is 4.89. The number of nitrogens with one attached hydrogen (secondary N) is 1. The van der Waals surface area contributed by atoms with Crippen LogP contribution < -0.4 is 11.2 Å². The van der Waals surface area contributed by atoms with Gasteiger partial charge in [-0.2, -0.15) is 0 Å². The molecule has 7 heteroatoms. The van der Waals surface area contributed by atoms with Crippen LogP contribution in [0, 0.1) is 0 Å². The standard InChI is InChI=1S/C9H11BrN2O4/c10-6-3-12(9(15)11-8(6)14)7-2-1-5(4-13)16-7/h3,5,7,13H,1-2,4H2,(H,11,14,15)/t5-,7+/m0/s1. The summed E-state index contributed by atoms with van der Waals surface area (Å²) in [5.41, 5.74) is -0.963. The summed E-state index contributed by atoms with van der Waals surface area (Å²) in [6.45, 7) is -0.0597. The molecular weight excluding hydrogens is 280 g/mol. The lowest BCUT2D eigenvalue weighted by Gasteiger charge is -2.14. The van der Waals surface area contributed by atoms with E-state index in [-0.39, 0.29) is 17.2 Å². The molecule has 88 valence electrons. The molecule has 0 bridgehead atoms. The molecule has 2 atom stereocenters. The molecule has 0 spiro atoms. The van der Waals surface area contributed by atoms with Crippen LogP contribution in [0.1, 0.15) is 19.1 Å². The summed E-state index contributed by atoms with van der Waals surface area (Å²) in [6.07, 6.45) is 2.10. The van der Waals surface area contributed by atoms with Crippen molar-refractivity contribution in [2.75, 3.05) is 6.61 Å². The molecule has 6 nitrogen and oxygen atoms in total. The van der Waals surface area contributed by atoms with Gasteiger partial charge in [-0.25, -0.2) is 4.79 Å². The molecule has 0 saturated carbocycles. The highest BCUT2D eigenvalue weighted by Gasteiger charge is 2.26. The van der Waals surface area contributed by atoms with Crippen LogP contribution in [0.5, 0.6) is 0 Å². The number of halogens is 1. The molecule has 2 heterocycles. The Bertz CT molecular complexity index is 495. The smallest absolute Gasteiger partial charge is 0.330 e. The summed E-state index contributed by atoms with van der Waals surface area (Å²) >= 11 is 3.05. The Labute approximate surface area is 99.0 Å². The van der Waals surface area contributed by atoms with Crippen molar-refractivity contribution in [2.45, 2.75) is 25.2 Å². The van der Waals surface area contributed by atoms with Crippen molar-refractivity contribution < 1.29 is 9.84 Å². The Morgan fingerprint density at radius 1 is 1.56 bits per heavy atom. The normalized spacial score (nSPS) is 24.9. The SMILES string of the molecule is O=c1[nH]c(=O)n([C@H]2CC[C@@H](CO)O2)cc1Br. The average molecular weight is 291 g/mol. The molecule has 16 heavy (non-hydrogen) atoms. The first kappa shape index (κ1) is 11.6. The fraction of sp³-hybridized carbons (Fsp3) is 0.556. The maximum Gasteiger partial charge on any atom is 0.330 e. The summed E-state index contributed by atoms with van der Waals surface area (Å²) in [5.74, 6) is 0. The lowest BCUT2D eigenvalue weighted by Crippen LogP contribution is -2.32. The topological polar surface area (TPSA) is 84.3 Å². The second-order valence-electron chi connectivity index (χ2n) is 3.62. The second-order valence-corrected chi connectivity index (χ2v) is 4.47. The predicted molar refractivity (Wildman–Crippen MR) is 59.3 cm³/mol. The Morgan fingerprint density at radius 3 is 2.94 bits per heavy atom. The quantitative estimate of drug-likeness (QED) is 0.801. The van der Waals surface area contributed by atoms with Crippen molar-refractivity contribution >= 4 is 15.9 Å². The largest absolute Gasteiger partial charge is 0.394 e. The van der Waals surface area contributed by atoms with Gasteiger partial charge in [0.05, 0.1) is 17.2 Å². The van der Waals surface area contributed by atoms with Gasteiger partial charge in [0.25, 0.3) is 5.56 Å². The number of aromatic nitrogens is 2. The van der Waals surface area contributed by atoms with E-state index in [1.165, 1.54) is 10.8 Å². The van der Waals surface area contributed by atoms with E-state index in [1.54, 1.807) is 0 Å². The van der Waals surface area contributed by atoms with Gasteiger partial charge in [0.2, 0.25) is 0 Å². The van der Waals surface area contributed by atoms with Crippen LogP contribution in [0.2, 0.25) is 0 Å². The molecule has 0 aromatic carbocycles. The molecule has 1 aliphatic heterocycles. The molecular formula is C9H11BrN2O4. The highest BCUT2D eigenvalue weighted by molar-refractivity contribution is 9.10. The first-order chi connectivity index (χ1) is 7.61. The fourth-order valence-electron chi connectivity index (χ4n) is 1.70. The lowest BCUT2D eigenvalue weighted by atomic mass is 10.2. The number of hydrogen-bond donors (Lipinski definition) is 2. The van der Waals surface area contributed by atoms with Crippen LogP contribution in [0.15, 0.2) is 20.3 Å². The van der Waals surface area contributed by atoms with Crippen LogP contribution in [-0.4, -0.2) is 27.4 Å². The third kappa shape index (κ3) is 2.11. The maximum absolute atomic E-state index is 11.5. The van der Waals surface area contributed by atoms with E-state index >= 15 is 0 Å². The summed E-state index contributed by atoms with van der Waals surface area (Å²) in [6, 6.07) is 0. The van der Waals surface area contributed by atoms with Crippen LogP contribution in [0.4, 0.5) is 0 Å². The van der Waals surface area contributed by atoms with E-state index in [1.807, 2.05) is 0 Å². The van der Waals surface area contributed by atoms with Gasteiger partial charge < -0.3 is 9.84 Å². The van der Waals surface area contributed by atoms with Crippen molar-refractivity contribution in [3.05, 3.63) is 31.5 Å². The van der Waals surface area contributed by atoms with Gasteiger partial charge in [0.15, 0.2) is 0 Å². The van der Waals surface area contributed by atoms with E-state index in [4.69, 9.17) is 9.84 Å². The van der Waals surface area contributed by atoms with Crippen molar-refractivity contribution in [1.82, 2.24) is 9.55 Å². The number of ether oxygens (including phenoxy) is 1. The molecule has 0 radical (unpaired) electrons. The molecule has 2 N–H and O–H groups in total. The zero-order chi connectivity index (χ0) is 11.7. The Morgan fingerprint density at radius 2 is 2.31 bits per heavy atom. The number of aliphatic hydroxyl groups excluding tert-OH is 1. The first-order valence-corrected chi connectivity index (χ1v) is 5.68. The minimum atomic E-state index is -0.503. The van der Waals surface area contributed by atoms with Crippen molar-refractivity contribution in [2.24, 2.45) is 0 Å². The van der Waals surface area contributed by atoms with E-state index < -0.39 is 17.5 Å². The number of rotatable bonds is 2. The number of H-pyrrole nitrogens is 1. The van der Waals surface area contributed by atoms with Crippen molar-refractivity contribution in [3.63, 3.8) is 0 Å². The van der Waals surface area contributed by atoms with Gasteiger partial charge in [0, 0.05) is 6.20 Å². The minimum absolute atomic E-state index is 0.0597. The predicted octanol–water partition coefficient (Wildman–Crippen LogP) is -0.0310. The summed E-state index contributed by atoms with van der Waals surface area (Å²) < 4.78 is 7.04. The van der Waals surface area contributed by atoms with Crippen LogP contribution in [0.3, 0.4) is 0 Å². The molecule has 1 aliphatic rings. The van der Waals surface area contributed by atoms with Gasteiger partial charge in [-0.05, 0) is 28.8 Å². The van der Waals surface area contributed by atoms with E-state index in [9.17, 15) is 9.59 Å². The van der Waals surface area contributed by atoms with Gasteiger partial charge in [0.1, 0.15) is 6.23 Å². The molecule has 0 amide bonds. The Kier molecular flexibility index (Phi) is 3.27. The summed E-state index contributed by atoms with van der Waals surface area (Å²) in [5, 5.41) is 8.92. The van der Waals surface area contributed by atoms with Crippen molar-refractivity contribution in [3.8, 4) is 0 Å². The molecule has 0 aliphatic carbocycles. The molecule has 1 aromatic rings. The molecule has 1 saturated heterocycles. The number of aromatic amines is 1. The zero-order valence-electron chi connectivity index (χ0n) is 8.35. The Hall–Kier alpha value is -0.920. The van der Waals surface area contributed by atoms with Crippen LogP contribution in [0.25, 0.3) is 0 Å². The number of nitrogens with zero attached hydrogens (tertiary/aromatic N) is 1. The second kappa shape index (κ2) is 4.52. The average Bonchev–Trinajstić information content (AvgIpc) is 2.71. The lowest BCUT2D eigenvalue weighted by molar-refractivity contribution is -0.0247. The van der Waals surface area contributed by atoms with Crippen LogP contribution in [-0.2, 0) is 4.74 Å². The third-order valence-electron chi connectivity index (χ3n) is 2.52. The third-order valence-corrected chi connectivity index (χ3v) is 3.09. The fourth-order valence-corrected chi connectivity index (χ4v) is 2.02.